The standard InChI is InChI=1S/C9H10FN3O2S/c1-2-3-7-12-8-6(4-5-11-8)9(13-7)16(10,14)15/h4-5H,2-3H2,1H3,(H,11,12,13). The molecule has 0 saturated carbocycles. The van der Waals surface area contributed by atoms with E-state index in [1.54, 1.807) is 0 Å². The van der Waals surface area contributed by atoms with Crippen LogP contribution in [0.5, 0.6) is 0 Å². The second-order valence-corrected chi connectivity index (χ2v) is 4.64. The van der Waals surface area contributed by atoms with Crippen LogP contribution in [-0.2, 0) is 16.6 Å². The van der Waals surface area contributed by atoms with Crippen molar-refractivity contribution in [2.75, 3.05) is 0 Å². The Balaban J connectivity index is 2.74. The van der Waals surface area contributed by atoms with Crippen molar-refractivity contribution in [1.82, 2.24) is 15.0 Å². The van der Waals surface area contributed by atoms with Gasteiger partial charge in [-0.15, -0.1) is 0 Å². The van der Waals surface area contributed by atoms with Gasteiger partial charge in [-0.2, -0.15) is 8.42 Å². The third-order valence-electron chi connectivity index (χ3n) is 2.13. The van der Waals surface area contributed by atoms with Gasteiger partial charge in [0.05, 0.1) is 5.39 Å². The Hall–Kier alpha value is -1.50. The molecule has 2 rings (SSSR count). The van der Waals surface area contributed by atoms with E-state index in [4.69, 9.17) is 0 Å². The maximum atomic E-state index is 13.0. The lowest BCUT2D eigenvalue weighted by molar-refractivity contribution is 0.548. The maximum absolute atomic E-state index is 13.0. The van der Waals surface area contributed by atoms with Crippen LogP contribution in [0.3, 0.4) is 0 Å². The first-order chi connectivity index (χ1) is 7.52. The van der Waals surface area contributed by atoms with Crippen molar-refractivity contribution in [2.45, 2.75) is 24.8 Å². The summed E-state index contributed by atoms with van der Waals surface area (Å²) in [5.41, 5.74) is 0.342. The van der Waals surface area contributed by atoms with Crippen LogP contribution in [0.15, 0.2) is 17.3 Å². The average Bonchev–Trinajstić information content (AvgIpc) is 2.63. The molecule has 86 valence electrons. The number of nitrogens with zero attached hydrogens (tertiary/aromatic N) is 2. The second-order valence-electron chi connectivity index (χ2n) is 3.37. The predicted octanol–water partition coefficient (Wildman–Crippen LogP) is 1.57. The zero-order valence-corrected chi connectivity index (χ0v) is 9.38. The topological polar surface area (TPSA) is 75.7 Å². The van der Waals surface area contributed by atoms with Gasteiger partial charge in [0.15, 0.2) is 5.03 Å². The third-order valence-corrected chi connectivity index (χ3v) is 2.90. The van der Waals surface area contributed by atoms with E-state index >= 15 is 0 Å². The highest BCUT2D eigenvalue weighted by Crippen LogP contribution is 2.21. The molecule has 5 nitrogen and oxygen atoms in total. The molecule has 2 heterocycles. The van der Waals surface area contributed by atoms with Gasteiger partial charge >= 0.3 is 10.2 Å². The van der Waals surface area contributed by atoms with E-state index in [-0.39, 0.29) is 5.39 Å². The fraction of sp³-hybridized carbons (Fsp3) is 0.333. The first kappa shape index (κ1) is 11.0. The molecule has 2 aromatic heterocycles. The molecule has 0 unspecified atom stereocenters. The van der Waals surface area contributed by atoms with Gasteiger partial charge in [0.25, 0.3) is 0 Å². The minimum Gasteiger partial charge on any atom is -0.346 e. The number of nitrogens with one attached hydrogen (secondary N) is 1. The molecule has 0 bridgehead atoms. The molecule has 0 spiro atoms. The van der Waals surface area contributed by atoms with Crippen LogP contribution in [0.1, 0.15) is 19.2 Å². The smallest absolute Gasteiger partial charge is 0.346 e. The summed E-state index contributed by atoms with van der Waals surface area (Å²) in [7, 11) is -4.81. The summed E-state index contributed by atoms with van der Waals surface area (Å²) < 4.78 is 34.9. The number of fused-ring (bicyclic) bond motifs is 1. The van der Waals surface area contributed by atoms with Gasteiger partial charge in [0, 0.05) is 12.6 Å². The highest BCUT2D eigenvalue weighted by atomic mass is 32.3. The van der Waals surface area contributed by atoms with Crippen molar-refractivity contribution in [3.63, 3.8) is 0 Å². The van der Waals surface area contributed by atoms with Gasteiger partial charge in [0.1, 0.15) is 11.5 Å². The molecule has 16 heavy (non-hydrogen) atoms. The largest absolute Gasteiger partial charge is 0.350 e. The Morgan fingerprint density at radius 3 is 2.81 bits per heavy atom. The molecule has 0 aromatic carbocycles. The molecule has 0 aliphatic heterocycles. The van der Waals surface area contributed by atoms with Gasteiger partial charge in [-0.25, -0.2) is 9.97 Å². The van der Waals surface area contributed by atoms with E-state index < -0.39 is 15.2 Å². The van der Waals surface area contributed by atoms with Crippen molar-refractivity contribution in [3.8, 4) is 0 Å². The number of aromatic amines is 1. The van der Waals surface area contributed by atoms with Crippen LogP contribution in [0, 0.1) is 0 Å². The van der Waals surface area contributed by atoms with Gasteiger partial charge in [0.2, 0.25) is 0 Å². The van der Waals surface area contributed by atoms with Crippen LogP contribution >= 0.6 is 0 Å². The summed E-state index contributed by atoms with van der Waals surface area (Å²) in [5.74, 6) is 0.327. The SMILES string of the molecule is CCCc1nc(S(=O)(=O)F)c2cc[nH]c2n1. The van der Waals surface area contributed by atoms with E-state index in [2.05, 4.69) is 15.0 Å². The van der Waals surface area contributed by atoms with Gasteiger partial charge in [-0.05, 0) is 12.5 Å². The zero-order chi connectivity index (χ0) is 11.8. The number of aromatic nitrogens is 3. The number of hydrogen-bond acceptors (Lipinski definition) is 4. The Morgan fingerprint density at radius 2 is 2.19 bits per heavy atom. The van der Waals surface area contributed by atoms with Gasteiger partial charge in [-0.1, -0.05) is 10.8 Å². The molecule has 1 N–H and O–H groups in total. The maximum Gasteiger partial charge on any atom is 0.350 e. The minimum absolute atomic E-state index is 0.183. The fourth-order valence-corrected chi connectivity index (χ4v) is 2.12. The number of H-pyrrole nitrogens is 1. The molecule has 0 radical (unpaired) electrons. The number of aryl methyl sites for hydroxylation is 1. The Labute approximate surface area is 91.9 Å². The van der Waals surface area contributed by atoms with Crippen LogP contribution in [0.4, 0.5) is 3.89 Å². The molecule has 0 fully saturated rings. The number of rotatable bonds is 3. The lowest BCUT2D eigenvalue weighted by Gasteiger charge is -2.01. The molecule has 0 aliphatic rings. The molecule has 0 aliphatic carbocycles. The monoisotopic (exact) mass is 243 g/mol. The Bertz CT molecular complexity index is 621. The summed E-state index contributed by atoms with van der Waals surface area (Å²) in [6.45, 7) is 1.91. The quantitative estimate of drug-likeness (QED) is 0.655. The van der Waals surface area contributed by atoms with E-state index in [1.807, 2.05) is 6.92 Å². The first-order valence-electron chi connectivity index (χ1n) is 4.81. The molecule has 2 aromatic rings. The summed E-state index contributed by atoms with van der Waals surface area (Å²) in [6.07, 6.45) is 2.78. The molecular formula is C9H10FN3O2S. The molecule has 7 heteroatoms. The highest BCUT2D eigenvalue weighted by molar-refractivity contribution is 7.86. The van der Waals surface area contributed by atoms with Crippen LogP contribution in [-0.4, -0.2) is 23.4 Å². The number of halogens is 1. The van der Waals surface area contributed by atoms with Crippen LogP contribution in [0.2, 0.25) is 0 Å². The molecule has 0 amide bonds. The average molecular weight is 243 g/mol. The van der Waals surface area contributed by atoms with Crippen LogP contribution in [0.25, 0.3) is 11.0 Å². The normalized spacial score (nSPS) is 12.1. The lowest BCUT2D eigenvalue weighted by atomic mass is 10.3. The van der Waals surface area contributed by atoms with Crippen molar-refractivity contribution < 1.29 is 12.3 Å². The van der Waals surface area contributed by atoms with Crippen LogP contribution < -0.4 is 0 Å². The zero-order valence-electron chi connectivity index (χ0n) is 8.57. The van der Waals surface area contributed by atoms with E-state index in [0.717, 1.165) is 6.42 Å². The van der Waals surface area contributed by atoms with E-state index in [0.29, 0.717) is 17.9 Å². The molecule has 0 atom stereocenters. The highest BCUT2D eigenvalue weighted by Gasteiger charge is 2.20. The van der Waals surface area contributed by atoms with Crippen molar-refractivity contribution >= 4 is 21.3 Å². The lowest BCUT2D eigenvalue weighted by Crippen LogP contribution is -2.03. The number of hydrogen-bond donors (Lipinski definition) is 1. The fourth-order valence-electron chi connectivity index (χ4n) is 1.48. The minimum atomic E-state index is -4.81. The Morgan fingerprint density at radius 1 is 1.44 bits per heavy atom. The summed E-state index contributed by atoms with van der Waals surface area (Å²) in [5, 5.41) is -0.371. The van der Waals surface area contributed by atoms with E-state index in [1.165, 1.54) is 12.3 Å². The van der Waals surface area contributed by atoms with Crippen molar-refractivity contribution in [1.29, 1.82) is 0 Å². The third kappa shape index (κ3) is 1.90. The van der Waals surface area contributed by atoms with Gasteiger partial charge in [-0.3, -0.25) is 0 Å². The Kier molecular flexibility index (Phi) is 2.63. The second kappa shape index (κ2) is 3.82. The van der Waals surface area contributed by atoms with Crippen molar-refractivity contribution in [2.24, 2.45) is 0 Å². The predicted molar refractivity (Wildman–Crippen MR) is 56.2 cm³/mol. The summed E-state index contributed by atoms with van der Waals surface area (Å²) >= 11 is 0. The molecular weight excluding hydrogens is 233 g/mol. The van der Waals surface area contributed by atoms with Crippen molar-refractivity contribution in [3.05, 3.63) is 18.1 Å². The summed E-state index contributed by atoms with van der Waals surface area (Å²) in [4.78, 5) is 10.6. The van der Waals surface area contributed by atoms with Gasteiger partial charge < -0.3 is 4.98 Å². The van der Waals surface area contributed by atoms with E-state index in [9.17, 15) is 12.3 Å². The first-order valence-corrected chi connectivity index (χ1v) is 6.19. The summed E-state index contributed by atoms with van der Waals surface area (Å²) in [6, 6.07) is 1.44. The molecule has 0 saturated heterocycles.